The lowest BCUT2D eigenvalue weighted by atomic mass is 10.1. The van der Waals surface area contributed by atoms with Gasteiger partial charge < -0.3 is 5.32 Å². The number of anilines is 1. The molecule has 0 bridgehead atoms. The van der Waals surface area contributed by atoms with Gasteiger partial charge in [-0.3, -0.25) is 4.79 Å². The molecular weight excluding hydrogens is 335 g/mol. The van der Waals surface area contributed by atoms with Gasteiger partial charge >= 0.3 is 0 Å². The van der Waals surface area contributed by atoms with E-state index in [9.17, 15) is 9.18 Å². The lowest BCUT2D eigenvalue weighted by Gasteiger charge is -2.06. The van der Waals surface area contributed by atoms with Crippen LogP contribution in [0.25, 0.3) is 10.6 Å². The van der Waals surface area contributed by atoms with Gasteiger partial charge in [0.15, 0.2) is 0 Å². The number of hydrogen-bond acceptors (Lipinski definition) is 3. The fraction of sp³-hybridized carbons (Fsp3) is 0.200. The van der Waals surface area contributed by atoms with Crippen LogP contribution in [0.4, 0.5) is 10.1 Å². The van der Waals surface area contributed by atoms with Gasteiger partial charge in [-0.15, -0.1) is 11.3 Å². The Labute approximate surface area is 150 Å². The smallest absolute Gasteiger partial charge is 0.267 e. The first kappa shape index (κ1) is 17.3. The summed E-state index contributed by atoms with van der Waals surface area (Å²) in [7, 11) is 0. The maximum Gasteiger partial charge on any atom is 0.267 e. The molecule has 1 heterocycles. The summed E-state index contributed by atoms with van der Waals surface area (Å²) in [6.07, 6.45) is 0.979. The van der Waals surface area contributed by atoms with Gasteiger partial charge in [-0.2, -0.15) is 0 Å². The van der Waals surface area contributed by atoms with Crippen LogP contribution in [0.2, 0.25) is 0 Å². The highest BCUT2D eigenvalue weighted by Crippen LogP contribution is 2.29. The molecule has 0 saturated heterocycles. The second kappa shape index (κ2) is 7.15. The summed E-state index contributed by atoms with van der Waals surface area (Å²) in [5, 5.41) is 3.43. The number of nitrogens with one attached hydrogen (secondary N) is 1. The summed E-state index contributed by atoms with van der Waals surface area (Å²) in [5.74, 6) is -0.785. The second-order valence-electron chi connectivity index (χ2n) is 5.92. The molecule has 1 N–H and O–H groups in total. The van der Waals surface area contributed by atoms with Crippen molar-refractivity contribution in [1.82, 2.24) is 4.98 Å². The minimum Gasteiger partial charge on any atom is -0.319 e. The maximum atomic E-state index is 13.9. The normalized spacial score (nSPS) is 10.7. The van der Waals surface area contributed by atoms with Crippen LogP contribution < -0.4 is 5.32 Å². The Morgan fingerprint density at radius 3 is 2.56 bits per heavy atom. The standard InChI is InChI=1S/C20H19FN2OS/c1-4-14-6-8-15(9-7-14)20-22-13(3)18(25-20)19(24)23-17-11-12(2)5-10-16(17)21/h5-11H,4H2,1-3H3,(H,23,24). The fourth-order valence-electron chi connectivity index (χ4n) is 2.53. The van der Waals surface area contributed by atoms with Gasteiger partial charge in [0.05, 0.1) is 11.4 Å². The van der Waals surface area contributed by atoms with Gasteiger partial charge in [0, 0.05) is 5.56 Å². The first-order valence-corrected chi connectivity index (χ1v) is 8.94. The molecule has 3 rings (SSSR count). The van der Waals surface area contributed by atoms with Crippen LogP contribution >= 0.6 is 11.3 Å². The highest BCUT2D eigenvalue weighted by atomic mass is 32.1. The third-order valence-corrected chi connectivity index (χ3v) is 5.19. The number of amides is 1. The highest BCUT2D eigenvalue weighted by Gasteiger charge is 2.17. The van der Waals surface area contributed by atoms with Crippen LogP contribution in [-0.4, -0.2) is 10.9 Å². The van der Waals surface area contributed by atoms with Crippen LogP contribution in [0.5, 0.6) is 0 Å². The Balaban J connectivity index is 1.86. The molecule has 0 atom stereocenters. The van der Waals surface area contributed by atoms with E-state index >= 15 is 0 Å². The number of aromatic nitrogens is 1. The lowest BCUT2D eigenvalue weighted by Crippen LogP contribution is -2.12. The minimum absolute atomic E-state index is 0.187. The van der Waals surface area contributed by atoms with Crippen molar-refractivity contribution in [3.8, 4) is 10.6 Å². The number of halogens is 1. The molecule has 1 aromatic heterocycles. The molecule has 0 unspecified atom stereocenters. The quantitative estimate of drug-likeness (QED) is 0.683. The van der Waals surface area contributed by atoms with Crippen molar-refractivity contribution in [2.75, 3.05) is 5.32 Å². The average molecular weight is 354 g/mol. The number of nitrogens with zero attached hydrogens (tertiary/aromatic N) is 1. The van der Waals surface area contributed by atoms with E-state index < -0.39 is 5.82 Å². The van der Waals surface area contributed by atoms with Crippen molar-refractivity contribution in [2.24, 2.45) is 0 Å². The van der Waals surface area contributed by atoms with Crippen molar-refractivity contribution in [3.05, 3.63) is 70.0 Å². The van der Waals surface area contributed by atoms with E-state index in [-0.39, 0.29) is 11.6 Å². The first-order valence-electron chi connectivity index (χ1n) is 8.12. The zero-order valence-electron chi connectivity index (χ0n) is 14.4. The Bertz CT molecular complexity index is 916. The number of thiazole rings is 1. The molecule has 128 valence electrons. The SMILES string of the molecule is CCc1ccc(-c2nc(C)c(C(=O)Nc3cc(C)ccc3F)s2)cc1. The van der Waals surface area contributed by atoms with Crippen molar-refractivity contribution in [1.29, 1.82) is 0 Å². The largest absolute Gasteiger partial charge is 0.319 e. The summed E-state index contributed by atoms with van der Waals surface area (Å²) >= 11 is 1.32. The fourth-order valence-corrected chi connectivity index (χ4v) is 3.49. The van der Waals surface area contributed by atoms with E-state index in [2.05, 4.69) is 29.4 Å². The van der Waals surface area contributed by atoms with Crippen LogP contribution in [0, 0.1) is 19.7 Å². The Kier molecular flexibility index (Phi) is 4.95. The van der Waals surface area contributed by atoms with Gasteiger partial charge in [0.25, 0.3) is 5.91 Å². The Morgan fingerprint density at radius 2 is 1.88 bits per heavy atom. The van der Waals surface area contributed by atoms with Gasteiger partial charge in [-0.1, -0.05) is 37.3 Å². The Hall–Kier alpha value is -2.53. The topological polar surface area (TPSA) is 42.0 Å². The summed E-state index contributed by atoms with van der Waals surface area (Å²) in [6.45, 7) is 5.75. The molecular formula is C20H19FN2OS. The summed E-state index contributed by atoms with van der Waals surface area (Å²) < 4.78 is 13.9. The number of carbonyl (C=O) groups excluding carboxylic acids is 1. The molecule has 0 aliphatic heterocycles. The third-order valence-electron chi connectivity index (χ3n) is 3.98. The van der Waals surface area contributed by atoms with Crippen molar-refractivity contribution in [3.63, 3.8) is 0 Å². The zero-order chi connectivity index (χ0) is 18.0. The molecule has 5 heteroatoms. The zero-order valence-corrected chi connectivity index (χ0v) is 15.2. The predicted molar refractivity (Wildman–Crippen MR) is 101 cm³/mol. The molecule has 0 aliphatic rings. The molecule has 25 heavy (non-hydrogen) atoms. The third kappa shape index (κ3) is 3.77. The van der Waals surface area contributed by atoms with Crippen LogP contribution in [0.1, 0.15) is 33.4 Å². The number of aryl methyl sites for hydroxylation is 3. The van der Waals surface area contributed by atoms with E-state index in [1.807, 2.05) is 19.1 Å². The average Bonchev–Trinajstić information content (AvgIpc) is 3.00. The van der Waals surface area contributed by atoms with Gasteiger partial charge in [-0.05, 0) is 43.5 Å². The molecule has 1 amide bonds. The number of hydrogen-bond donors (Lipinski definition) is 1. The summed E-state index contributed by atoms with van der Waals surface area (Å²) in [5.41, 5.74) is 3.95. The van der Waals surface area contributed by atoms with Crippen molar-refractivity contribution < 1.29 is 9.18 Å². The lowest BCUT2D eigenvalue weighted by molar-refractivity contribution is 0.102. The van der Waals surface area contributed by atoms with Crippen LogP contribution in [0.3, 0.4) is 0 Å². The number of carbonyl (C=O) groups is 1. The van der Waals surface area contributed by atoms with E-state index in [0.29, 0.717) is 10.6 Å². The molecule has 0 saturated carbocycles. The summed E-state index contributed by atoms with van der Waals surface area (Å²) in [6, 6.07) is 12.8. The predicted octanol–water partition coefficient (Wildman–Crippen LogP) is 5.38. The van der Waals surface area contributed by atoms with E-state index in [1.54, 1.807) is 19.1 Å². The number of benzene rings is 2. The molecule has 0 radical (unpaired) electrons. The van der Waals surface area contributed by atoms with E-state index in [4.69, 9.17) is 0 Å². The first-order chi connectivity index (χ1) is 12.0. The van der Waals surface area contributed by atoms with Crippen LogP contribution in [0.15, 0.2) is 42.5 Å². The minimum atomic E-state index is -0.448. The molecule has 3 nitrogen and oxygen atoms in total. The van der Waals surface area contributed by atoms with Gasteiger partial charge in [0.1, 0.15) is 15.7 Å². The monoisotopic (exact) mass is 354 g/mol. The maximum absolute atomic E-state index is 13.9. The van der Waals surface area contributed by atoms with Gasteiger partial charge in [0.2, 0.25) is 0 Å². The van der Waals surface area contributed by atoms with Gasteiger partial charge in [-0.25, -0.2) is 9.37 Å². The summed E-state index contributed by atoms with van der Waals surface area (Å²) in [4.78, 5) is 17.5. The van der Waals surface area contributed by atoms with E-state index in [1.165, 1.54) is 23.0 Å². The van der Waals surface area contributed by atoms with Crippen LogP contribution in [-0.2, 0) is 6.42 Å². The molecule has 0 aliphatic carbocycles. The van der Waals surface area contributed by atoms with Crippen molar-refractivity contribution >= 4 is 22.9 Å². The molecule has 0 spiro atoms. The highest BCUT2D eigenvalue weighted by molar-refractivity contribution is 7.17. The molecule has 3 aromatic rings. The molecule has 0 fully saturated rings. The van der Waals surface area contributed by atoms with E-state index in [0.717, 1.165) is 22.6 Å². The molecule has 2 aromatic carbocycles. The Morgan fingerprint density at radius 1 is 1.16 bits per heavy atom. The second-order valence-corrected chi connectivity index (χ2v) is 6.92. The van der Waals surface area contributed by atoms with Crippen molar-refractivity contribution in [2.45, 2.75) is 27.2 Å². The number of rotatable bonds is 4.